The van der Waals surface area contributed by atoms with Gasteiger partial charge in [0.1, 0.15) is 6.61 Å². The van der Waals surface area contributed by atoms with Gasteiger partial charge in [-0.3, -0.25) is 4.79 Å². The second-order valence-corrected chi connectivity index (χ2v) is 7.12. The number of esters is 1. The summed E-state index contributed by atoms with van der Waals surface area (Å²) in [5, 5.41) is 9.14. The van der Waals surface area contributed by atoms with Gasteiger partial charge in [-0.1, -0.05) is 25.5 Å². The molecule has 1 aliphatic carbocycles. The summed E-state index contributed by atoms with van der Waals surface area (Å²) in [4.78, 5) is 12.4. The molecule has 0 aromatic heterocycles. The van der Waals surface area contributed by atoms with E-state index in [1.54, 1.807) is 13.0 Å². The van der Waals surface area contributed by atoms with Crippen LogP contribution in [0.2, 0.25) is 0 Å². The van der Waals surface area contributed by atoms with Crippen LogP contribution in [0.25, 0.3) is 0 Å². The van der Waals surface area contributed by atoms with E-state index in [4.69, 9.17) is 9.84 Å². The van der Waals surface area contributed by atoms with Crippen molar-refractivity contribution in [2.24, 2.45) is 10.8 Å². The number of halogens is 4. The summed E-state index contributed by atoms with van der Waals surface area (Å²) in [6, 6.07) is 0. The van der Waals surface area contributed by atoms with Crippen LogP contribution in [0.5, 0.6) is 0 Å². The van der Waals surface area contributed by atoms with Crippen LogP contribution < -0.4 is 0 Å². The first-order chi connectivity index (χ1) is 11.5. The highest BCUT2D eigenvalue weighted by atomic mass is 19.2. The Morgan fingerprint density at radius 3 is 2.04 bits per heavy atom. The van der Waals surface area contributed by atoms with E-state index in [-0.39, 0.29) is 6.61 Å². The predicted molar refractivity (Wildman–Crippen MR) is 82.5 cm³/mol. The summed E-state index contributed by atoms with van der Waals surface area (Å²) in [7, 11) is 0. The topological polar surface area (TPSA) is 46.5 Å². The first-order valence-corrected chi connectivity index (χ1v) is 7.76. The monoisotopic (exact) mass is 360 g/mol. The second kappa shape index (κ2) is 6.44. The molecule has 138 valence electrons. The Balaban J connectivity index is 2.27. The van der Waals surface area contributed by atoms with Gasteiger partial charge in [0.05, 0.1) is 17.6 Å². The molecule has 1 unspecified atom stereocenters. The fraction of sp³-hybridized carbons (Fsp3) is 0.500. The first kappa shape index (κ1) is 19.4. The Kier molecular flexibility index (Phi) is 5.01. The number of benzene rings is 1. The number of hydrogen-bond donors (Lipinski definition) is 1. The molecule has 1 aromatic rings. The zero-order valence-corrected chi connectivity index (χ0v) is 14.5. The third kappa shape index (κ3) is 3.17. The Morgan fingerprint density at radius 2 is 1.64 bits per heavy atom. The van der Waals surface area contributed by atoms with Crippen LogP contribution in [0.1, 0.15) is 38.3 Å². The van der Waals surface area contributed by atoms with Gasteiger partial charge < -0.3 is 9.84 Å². The normalized spacial score (nSPS) is 22.0. The van der Waals surface area contributed by atoms with Crippen molar-refractivity contribution in [3.63, 3.8) is 0 Å². The summed E-state index contributed by atoms with van der Waals surface area (Å²) >= 11 is 0. The van der Waals surface area contributed by atoms with Crippen LogP contribution >= 0.6 is 0 Å². The molecule has 0 radical (unpaired) electrons. The molecule has 0 aliphatic heterocycles. The van der Waals surface area contributed by atoms with Crippen molar-refractivity contribution in [1.82, 2.24) is 0 Å². The van der Waals surface area contributed by atoms with Crippen molar-refractivity contribution >= 4 is 5.97 Å². The van der Waals surface area contributed by atoms with Gasteiger partial charge in [0.25, 0.3) is 0 Å². The van der Waals surface area contributed by atoms with Crippen molar-refractivity contribution in [2.75, 3.05) is 6.61 Å². The quantitative estimate of drug-likeness (QED) is 0.374. The number of carbonyl (C=O) groups is 1. The molecule has 1 N–H and O–H groups in total. The Labute approximate surface area is 143 Å². The molecular weight excluding hydrogens is 340 g/mol. The molecule has 3 nitrogen and oxygen atoms in total. The molecule has 2 rings (SSSR count). The maximum Gasteiger partial charge on any atom is 0.316 e. The molecule has 0 spiro atoms. The average molecular weight is 360 g/mol. The smallest absolute Gasteiger partial charge is 0.316 e. The molecule has 25 heavy (non-hydrogen) atoms. The molecule has 7 heteroatoms. The Morgan fingerprint density at radius 1 is 1.16 bits per heavy atom. The number of ether oxygens (including phenoxy) is 1. The van der Waals surface area contributed by atoms with Gasteiger partial charge in [0.2, 0.25) is 0 Å². The lowest BCUT2D eigenvalue weighted by Crippen LogP contribution is -2.23. The predicted octanol–water partition coefficient (Wildman–Crippen LogP) is 3.95. The fourth-order valence-corrected chi connectivity index (χ4v) is 2.95. The van der Waals surface area contributed by atoms with Gasteiger partial charge in [-0.2, -0.15) is 0 Å². The Bertz CT molecular complexity index is 726. The van der Waals surface area contributed by atoms with Gasteiger partial charge in [0, 0.05) is 5.56 Å². The highest BCUT2D eigenvalue weighted by molar-refractivity contribution is 5.84. The highest BCUT2D eigenvalue weighted by Gasteiger charge is 2.66. The second-order valence-electron chi connectivity index (χ2n) is 7.12. The van der Waals surface area contributed by atoms with Crippen LogP contribution in [-0.2, 0) is 16.1 Å². The number of aliphatic hydroxyl groups excluding tert-OH is 1. The van der Waals surface area contributed by atoms with Crippen LogP contribution in [0.4, 0.5) is 17.6 Å². The summed E-state index contributed by atoms with van der Waals surface area (Å²) < 4.78 is 59.9. The minimum absolute atomic E-state index is 0.247. The molecule has 1 aliphatic rings. The molecule has 1 atom stereocenters. The lowest BCUT2D eigenvalue weighted by Gasteiger charge is -2.17. The summed E-state index contributed by atoms with van der Waals surface area (Å²) in [6.45, 7) is 4.99. The van der Waals surface area contributed by atoms with Crippen LogP contribution in [0.3, 0.4) is 0 Å². The van der Waals surface area contributed by atoms with Crippen molar-refractivity contribution in [3.05, 3.63) is 46.0 Å². The number of carbonyl (C=O) groups excluding carboxylic acids is 1. The standard InChI is InChI=1S/C18H20F4O3/c1-9(6-23)5-18(8-17(18,3)4)16(24)25-7-11-14(21)12(19)10(2)13(20)15(11)22/h5,23H,6-8H2,1-4H3. The van der Waals surface area contributed by atoms with E-state index in [0.29, 0.717) is 12.0 Å². The first-order valence-electron chi connectivity index (χ1n) is 7.76. The fourth-order valence-electron chi connectivity index (χ4n) is 2.95. The maximum atomic E-state index is 13.9. The number of rotatable bonds is 5. The summed E-state index contributed by atoms with van der Waals surface area (Å²) in [5.74, 6) is -6.93. The van der Waals surface area contributed by atoms with E-state index >= 15 is 0 Å². The third-order valence-electron chi connectivity index (χ3n) is 4.83. The minimum Gasteiger partial charge on any atom is -0.460 e. The molecule has 0 saturated heterocycles. The van der Waals surface area contributed by atoms with Crippen LogP contribution in [0, 0.1) is 41.0 Å². The molecule has 0 heterocycles. The Hall–Kier alpha value is -1.89. The minimum atomic E-state index is -1.57. The van der Waals surface area contributed by atoms with E-state index in [0.717, 1.165) is 6.92 Å². The summed E-state index contributed by atoms with van der Waals surface area (Å²) in [5.41, 5.74) is -2.68. The zero-order chi connectivity index (χ0) is 19.2. The van der Waals surface area contributed by atoms with Crippen molar-refractivity contribution in [3.8, 4) is 0 Å². The van der Waals surface area contributed by atoms with Crippen molar-refractivity contribution in [2.45, 2.75) is 40.7 Å². The number of aliphatic hydroxyl groups is 1. The molecule has 1 fully saturated rings. The lowest BCUT2D eigenvalue weighted by molar-refractivity contribution is -0.151. The number of hydrogen-bond acceptors (Lipinski definition) is 3. The van der Waals surface area contributed by atoms with E-state index in [1.807, 2.05) is 13.8 Å². The lowest BCUT2D eigenvalue weighted by atomic mass is 9.93. The van der Waals surface area contributed by atoms with E-state index in [9.17, 15) is 22.4 Å². The van der Waals surface area contributed by atoms with Gasteiger partial charge >= 0.3 is 5.97 Å². The van der Waals surface area contributed by atoms with Gasteiger partial charge in [-0.25, -0.2) is 17.6 Å². The van der Waals surface area contributed by atoms with Gasteiger partial charge in [0.15, 0.2) is 23.3 Å². The van der Waals surface area contributed by atoms with Crippen molar-refractivity contribution < 1.29 is 32.2 Å². The third-order valence-corrected chi connectivity index (χ3v) is 4.83. The average Bonchev–Trinajstić information content (AvgIpc) is 3.12. The molecule has 0 amide bonds. The SMILES string of the molecule is CC(=CC1(C(=O)OCc2c(F)c(F)c(C)c(F)c2F)CC1(C)C)CO. The van der Waals surface area contributed by atoms with E-state index in [2.05, 4.69) is 0 Å². The maximum absolute atomic E-state index is 13.9. The zero-order valence-electron chi connectivity index (χ0n) is 14.5. The van der Waals surface area contributed by atoms with Crippen molar-refractivity contribution in [1.29, 1.82) is 0 Å². The van der Waals surface area contributed by atoms with Gasteiger partial charge in [-0.05, 0) is 25.7 Å². The van der Waals surface area contributed by atoms with Crippen LogP contribution in [-0.4, -0.2) is 17.7 Å². The van der Waals surface area contributed by atoms with E-state index < -0.39 is 57.8 Å². The van der Waals surface area contributed by atoms with Crippen LogP contribution in [0.15, 0.2) is 11.6 Å². The molecule has 1 saturated carbocycles. The highest BCUT2D eigenvalue weighted by Crippen LogP contribution is 2.65. The largest absolute Gasteiger partial charge is 0.460 e. The molecule has 1 aromatic carbocycles. The summed E-state index contributed by atoms with van der Waals surface area (Å²) in [6.07, 6.45) is 2.00. The van der Waals surface area contributed by atoms with Gasteiger partial charge in [-0.15, -0.1) is 0 Å². The van der Waals surface area contributed by atoms with E-state index in [1.165, 1.54) is 0 Å². The molecular formula is C18H20F4O3. The molecule has 0 bridgehead atoms.